The van der Waals surface area contributed by atoms with Gasteiger partial charge in [-0.05, 0) is 25.0 Å². The molecule has 0 aromatic carbocycles. The van der Waals surface area contributed by atoms with Crippen LogP contribution >= 0.6 is 11.8 Å². The first kappa shape index (κ1) is 14.1. The van der Waals surface area contributed by atoms with Gasteiger partial charge in [-0.3, -0.25) is 4.79 Å². The minimum atomic E-state index is -1.40. The lowest BCUT2D eigenvalue weighted by Gasteiger charge is -2.29. The first-order valence-corrected chi connectivity index (χ1v) is 7.06. The molecule has 19 heavy (non-hydrogen) atoms. The Balaban J connectivity index is 2.24. The van der Waals surface area contributed by atoms with Gasteiger partial charge in [-0.2, -0.15) is 0 Å². The third-order valence-corrected chi connectivity index (χ3v) is 4.53. The number of rotatable bonds is 1. The lowest BCUT2D eigenvalue weighted by molar-refractivity contribution is -0.155. The molecular formula is C13H17NO4S. The van der Waals surface area contributed by atoms with Crippen molar-refractivity contribution in [2.45, 2.75) is 18.9 Å². The quantitative estimate of drug-likeness (QED) is 0.734. The molecule has 104 valence electrons. The third-order valence-electron chi connectivity index (χ3n) is 3.41. The summed E-state index contributed by atoms with van der Waals surface area (Å²) in [7, 11) is 1.65. The van der Waals surface area contributed by atoms with Crippen molar-refractivity contribution in [3.63, 3.8) is 0 Å². The van der Waals surface area contributed by atoms with Gasteiger partial charge >= 0.3 is 11.9 Å². The van der Waals surface area contributed by atoms with E-state index in [1.54, 1.807) is 18.9 Å². The van der Waals surface area contributed by atoms with Gasteiger partial charge in [0.2, 0.25) is 0 Å². The standard InChI is InChI=1S/C13H17NO4S/c1-13(18-2)4-3-10-9(7-13)8-14(5-6-19-10)11(15)12(16)17/h3,7H,4-6,8H2,1-2H3,(H,16,17). The largest absolute Gasteiger partial charge is 0.474 e. The van der Waals surface area contributed by atoms with Gasteiger partial charge in [0.1, 0.15) is 0 Å². The topological polar surface area (TPSA) is 66.8 Å². The summed E-state index contributed by atoms with van der Waals surface area (Å²) in [4.78, 5) is 24.9. The summed E-state index contributed by atoms with van der Waals surface area (Å²) in [6.45, 7) is 2.77. The molecule has 6 heteroatoms. The zero-order valence-corrected chi connectivity index (χ0v) is 11.8. The van der Waals surface area contributed by atoms with E-state index in [9.17, 15) is 9.59 Å². The predicted octanol–water partition coefficient (Wildman–Crippen LogP) is 1.27. The molecule has 1 saturated heterocycles. The minimum absolute atomic E-state index is 0.336. The molecule has 0 radical (unpaired) electrons. The van der Waals surface area contributed by atoms with Crippen molar-refractivity contribution in [3.8, 4) is 0 Å². The van der Waals surface area contributed by atoms with Crippen molar-refractivity contribution in [3.05, 3.63) is 22.6 Å². The fourth-order valence-corrected chi connectivity index (χ4v) is 3.24. The highest BCUT2D eigenvalue weighted by Crippen LogP contribution is 2.36. The second kappa shape index (κ2) is 5.38. The van der Waals surface area contributed by atoms with Gasteiger partial charge in [0.25, 0.3) is 0 Å². The van der Waals surface area contributed by atoms with Crippen molar-refractivity contribution in [2.24, 2.45) is 0 Å². The fraction of sp³-hybridized carbons (Fsp3) is 0.538. The van der Waals surface area contributed by atoms with Gasteiger partial charge in [-0.1, -0.05) is 6.08 Å². The van der Waals surface area contributed by atoms with Crippen LogP contribution in [0.3, 0.4) is 0 Å². The number of hydrogen-bond donors (Lipinski definition) is 1. The molecule has 0 bridgehead atoms. The van der Waals surface area contributed by atoms with Gasteiger partial charge < -0.3 is 14.7 Å². The highest BCUT2D eigenvalue weighted by Gasteiger charge is 2.31. The van der Waals surface area contributed by atoms with E-state index in [0.29, 0.717) is 18.8 Å². The lowest BCUT2D eigenvalue weighted by Crippen LogP contribution is -2.39. The molecule has 0 aromatic heterocycles. The Labute approximate surface area is 116 Å². The molecule has 1 N–H and O–H groups in total. The molecule has 2 rings (SSSR count). The first-order chi connectivity index (χ1) is 8.95. The normalized spacial score (nSPS) is 26.9. The average Bonchev–Trinajstić information content (AvgIpc) is 2.59. The minimum Gasteiger partial charge on any atom is -0.474 e. The van der Waals surface area contributed by atoms with Crippen LogP contribution in [0.5, 0.6) is 0 Å². The molecule has 1 heterocycles. The Morgan fingerprint density at radius 1 is 1.53 bits per heavy atom. The molecule has 1 unspecified atom stereocenters. The van der Waals surface area contributed by atoms with Gasteiger partial charge in [0, 0.05) is 30.9 Å². The van der Waals surface area contributed by atoms with Crippen molar-refractivity contribution in [1.29, 1.82) is 0 Å². The Kier molecular flexibility index (Phi) is 4.01. The van der Waals surface area contributed by atoms with Crippen molar-refractivity contribution in [2.75, 3.05) is 26.0 Å². The fourth-order valence-electron chi connectivity index (χ4n) is 2.20. The SMILES string of the molecule is COC1(C)C=C2CN(C(=O)C(=O)O)CCSC2=CC1. The number of hydrogen-bond acceptors (Lipinski definition) is 4. The number of thioether (sulfide) groups is 1. The number of carboxylic acids is 1. The van der Waals surface area contributed by atoms with Crippen LogP contribution in [0.15, 0.2) is 22.6 Å². The van der Waals surface area contributed by atoms with Crippen LogP contribution in [0.25, 0.3) is 0 Å². The number of carbonyl (C=O) groups excluding carboxylic acids is 1. The number of ether oxygens (including phenoxy) is 1. The van der Waals surface area contributed by atoms with E-state index >= 15 is 0 Å². The molecule has 5 nitrogen and oxygen atoms in total. The second-order valence-electron chi connectivity index (χ2n) is 4.84. The van der Waals surface area contributed by atoms with E-state index in [1.165, 1.54) is 4.90 Å². The van der Waals surface area contributed by atoms with E-state index in [0.717, 1.165) is 16.9 Å². The number of carboxylic acid groups (broad SMARTS) is 1. The molecule has 0 saturated carbocycles. The summed E-state index contributed by atoms with van der Waals surface area (Å²) in [5.74, 6) is -1.53. The van der Waals surface area contributed by atoms with Crippen molar-refractivity contribution >= 4 is 23.6 Å². The highest BCUT2D eigenvalue weighted by molar-refractivity contribution is 8.03. The van der Waals surface area contributed by atoms with E-state index < -0.39 is 11.9 Å². The molecule has 0 spiro atoms. The van der Waals surface area contributed by atoms with Crippen LogP contribution in [0.4, 0.5) is 0 Å². The maximum atomic E-state index is 11.6. The number of nitrogens with zero attached hydrogens (tertiary/aromatic N) is 1. The zero-order chi connectivity index (χ0) is 14.0. The molecule has 1 aliphatic carbocycles. The van der Waals surface area contributed by atoms with E-state index in [1.807, 2.05) is 13.0 Å². The van der Waals surface area contributed by atoms with Crippen LogP contribution in [0.2, 0.25) is 0 Å². The highest BCUT2D eigenvalue weighted by atomic mass is 32.2. The van der Waals surface area contributed by atoms with Gasteiger partial charge in [-0.25, -0.2) is 4.79 Å². The number of fused-ring (bicyclic) bond motifs is 1. The van der Waals surface area contributed by atoms with Crippen LogP contribution in [0.1, 0.15) is 13.3 Å². The zero-order valence-electron chi connectivity index (χ0n) is 11.0. The maximum absolute atomic E-state index is 11.6. The summed E-state index contributed by atoms with van der Waals surface area (Å²) in [5.41, 5.74) is 0.606. The van der Waals surface area contributed by atoms with Crippen LogP contribution in [-0.4, -0.2) is 53.4 Å². The molecule has 1 atom stereocenters. The first-order valence-electron chi connectivity index (χ1n) is 6.07. The number of methoxy groups -OCH3 is 1. The van der Waals surface area contributed by atoms with Crippen LogP contribution in [-0.2, 0) is 14.3 Å². The summed E-state index contributed by atoms with van der Waals surface area (Å²) in [6.07, 6.45) is 4.91. The molecule has 2 aliphatic rings. The lowest BCUT2D eigenvalue weighted by atomic mass is 9.92. The van der Waals surface area contributed by atoms with E-state index in [-0.39, 0.29) is 5.60 Å². The number of aliphatic carboxylic acids is 1. The molecule has 1 aliphatic heterocycles. The van der Waals surface area contributed by atoms with Gasteiger partial charge in [0.15, 0.2) is 0 Å². The number of carbonyl (C=O) groups is 2. The summed E-state index contributed by atoms with van der Waals surface area (Å²) in [5, 5.41) is 8.81. The molecule has 1 amide bonds. The van der Waals surface area contributed by atoms with Crippen molar-refractivity contribution < 1.29 is 19.4 Å². The van der Waals surface area contributed by atoms with Gasteiger partial charge in [0.05, 0.1) is 5.60 Å². The summed E-state index contributed by atoms with van der Waals surface area (Å²) >= 11 is 1.66. The third kappa shape index (κ3) is 3.01. The molecule has 1 fully saturated rings. The Morgan fingerprint density at radius 2 is 2.26 bits per heavy atom. The second-order valence-corrected chi connectivity index (χ2v) is 5.98. The summed E-state index contributed by atoms with van der Waals surface area (Å²) < 4.78 is 5.46. The molecule has 0 aromatic rings. The Hall–Kier alpha value is -1.27. The molecular weight excluding hydrogens is 266 g/mol. The predicted molar refractivity (Wildman–Crippen MR) is 72.9 cm³/mol. The Morgan fingerprint density at radius 3 is 2.89 bits per heavy atom. The monoisotopic (exact) mass is 283 g/mol. The number of amides is 1. The smallest absolute Gasteiger partial charge is 0.394 e. The average molecular weight is 283 g/mol. The Bertz CT molecular complexity index is 471. The summed E-state index contributed by atoms with van der Waals surface area (Å²) in [6, 6.07) is 0. The maximum Gasteiger partial charge on any atom is 0.394 e. The van der Waals surface area contributed by atoms with Crippen molar-refractivity contribution in [1.82, 2.24) is 4.90 Å². The van der Waals surface area contributed by atoms with Gasteiger partial charge in [-0.15, -0.1) is 11.8 Å². The van der Waals surface area contributed by atoms with E-state index in [2.05, 4.69) is 6.08 Å². The van der Waals surface area contributed by atoms with Crippen LogP contribution in [0, 0.1) is 0 Å². The van der Waals surface area contributed by atoms with E-state index in [4.69, 9.17) is 9.84 Å². The van der Waals surface area contributed by atoms with Crippen LogP contribution < -0.4 is 0 Å².